The van der Waals surface area contributed by atoms with Crippen LogP contribution in [-0.4, -0.2) is 11.5 Å². The van der Waals surface area contributed by atoms with Crippen molar-refractivity contribution < 1.29 is 9.66 Å². The van der Waals surface area contributed by atoms with E-state index in [9.17, 15) is 10.1 Å². The molecule has 1 fully saturated rings. The van der Waals surface area contributed by atoms with E-state index in [1.54, 1.807) is 12.1 Å². The van der Waals surface area contributed by atoms with Gasteiger partial charge in [-0.3, -0.25) is 10.1 Å². The van der Waals surface area contributed by atoms with Gasteiger partial charge in [-0.2, -0.15) is 5.26 Å². The van der Waals surface area contributed by atoms with Gasteiger partial charge in [-0.25, -0.2) is 0 Å². The molecule has 1 aliphatic rings. The topological polar surface area (TPSA) is 76.2 Å². The largest absolute Gasteiger partial charge is 0.372 e. The fourth-order valence-electron chi connectivity index (χ4n) is 2.06. The Bertz CT molecular complexity index is 467. The van der Waals surface area contributed by atoms with E-state index in [0.29, 0.717) is 12.2 Å². The molecule has 0 N–H and O–H groups in total. The highest BCUT2D eigenvalue weighted by Crippen LogP contribution is 2.34. The molecule has 1 aliphatic heterocycles. The molecule has 0 aromatic heterocycles. The Kier molecular flexibility index (Phi) is 3.35. The number of nitriles is 1. The van der Waals surface area contributed by atoms with Crippen molar-refractivity contribution >= 4 is 5.69 Å². The van der Waals surface area contributed by atoms with Gasteiger partial charge in [-0.15, -0.1) is 0 Å². The second-order valence-electron chi connectivity index (χ2n) is 4.02. The van der Waals surface area contributed by atoms with Gasteiger partial charge in [0.15, 0.2) is 0 Å². The molecule has 1 saturated heterocycles. The summed E-state index contributed by atoms with van der Waals surface area (Å²) >= 11 is 0. The van der Waals surface area contributed by atoms with Gasteiger partial charge < -0.3 is 4.74 Å². The first-order valence-electron chi connectivity index (χ1n) is 5.48. The maximum absolute atomic E-state index is 10.7. The summed E-state index contributed by atoms with van der Waals surface area (Å²) in [5.41, 5.74) is 0.749. The molecular formula is C12H12N2O3. The highest BCUT2D eigenvalue weighted by Gasteiger charge is 2.28. The molecule has 2 rings (SSSR count). The summed E-state index contributed by atoms with van der Waals surface area (Å²) in [6.45, 7) is 0.603. The lowest BCUT2D eigenvalue weighted by atomic mass is 9.90. The van der Waals surface area contributed by atoms with Crippen molar-refractivity contribution in [2.75, 3.05) is 6.61 Å². The van der Waals surface area contributed by atoms with Crippen molar-refractivity contribution in [1.82, 2.24) is 0 Å². The van der Waals surface area contributed by atoms with Crippen molar-refractivity contribution in [1.29, 1.82) is 5.26 Å². The van der Waals surface area contributed by atoms with Crippen LogP contribution in [-0.2, 0) is 4.74 Å². The van der Waals surface area contributed by atoms with Crippen molar-refractivity contribution in [2.24, 2.45) is 5.92 Å². The first kappa shape index (κ1) is 11.6. The Labute approximate surface area is 98.8 Å². The first-order chi connectivity index (χ1) is 8.22. The normalized spacial score (nSPS) is 23.9. The number of rotatable bonds is 2. The number of hydrogen-bond donors (Lipinski definition) is 0. The van der Waals surface area contributed by atoms with E-state index in [4.69, 9.17) is 10.00 Å². The Balaban J connectivity index is 2.29. The third-order valence-corrected chi connectivity index (χ3v) is 2.90. The van der Waals surface area contributed by atoms with E-state index in [1.807, 2.05) is 0 Å². The SMILES string of the molecule is N#CC1CCCOC1c1cccc([N+](=O)[O-])c1. The summed E-state index contributed by atoms with van der Waals surface area (Å²) in [4.78, 5) is 10.2. The number of hydrogen-bond acceptors (Lipinski definition) is 4. The molecule has 1 aromatic rings. The third-order valence-electron chi connectivity index (χ3n) is 2.90. The van der Waals surface area contributed by atoms with Gasteiger partial charge in [0, 0.05) is 18.7 Å². The average Bonchev–Trinajstić information content (AvgIpc) is 2.39. The standard InChI is InChI=1S/C12H12N2O3/c13-8-10-4-2-6-17-12(10)9-3-1-5-11(7-9)14(15)16/h1,3,5,7,10,12H,2,4,6H2. The molecule has 0 radical (unpaired) electrons. The molecule has 0 aliphatic carbocycles. The zero-order valence-electron chi connectivity index (χ0n) is 9.20. The number of ether oxygens (including phenoxy) is 1. The minimum absolute atomic E-state index is 0.0355. The number of benzene rings is 1. The van der Waals surface area contributed by atoms with Crippen LogP contribution in [0.25, 0.3) is 0 Å². The van der Waals surface area contributed by atoms with Crippen LogP contribution in [0.1, 0.15) is 24.5 Å². The number of non-ortho nitro benzene ring substituents is 1. The fourth-order valence-corrected chi connectivity index (χ4v) is 2.06. The smallest absolute Gasteiger partial charge is 0.269 e. The second kappa shape index (κ2) is 4.93. The fraction of sp³-hybridized carbons (Fsp3) is 0.417. The maximum atomic E-state index is 10.7. The van der Waals surface area contributed by atoms with Crippen LogP contribution in [0.2, 0.25) is 0 Å². The summed E-state index contributed by atoms with van der Waals surface area (Å²) < 4.78 is 5.56. The molecule has 2 unspecified atom stereocenters. The number of nitrogens with zero attached hydrogens (tertiary/aromatic N) is 2. The quantitative estimate of drug-likeness (QED) is 0.580. The maximum Gasteiger partial charge on any atom is 0.269 e. The Hall–Kier alpha value is -1.93. The Morgan fingerprint density at radius 3 is 3.06 bits per heavy atom. The van der Waals surface area contributed by atoms with Gasteiger partial charge in [0.05, 0.1) is 23.0 Å². The second-order valence-corrected chi connectivity index (χ2v) is 4.02. The minimum atomic E-state index is -0.437. The van der Waals surface area contributed by atoms with Gasteiger partial charge in [0.2, 0.25) is 0 Å². The lowest BCUT2D eigenvalue weighted by molar-refractivity contribution is -0.385. The van der Waals surface area contributed by atoms with Crippen LogP contribution >= 0.6 is 0 Å². The monoisotopic (exact) mass is 232 g/mol. The molecule has 0 saturated carbocycles. The molecule has 1 aromatic carbocycles. The molecule has 0 spiro atoms. The average molecular weight is 232 g/mol. The molecule has 2 atom stereocenters. The predicted molar refractivity (Wildman–Crippen MR) is 60.1 cm³/mol. The molecule has 88 valence electrons. The van der Waals surface area contributed by atoms with E-state index in [2.05, 4.69) is 6.07 Å². The van der Waals surface area contributed by atoms with Crippen molar-refractivity contribution in [2.45, 2.75) is 18.9 Å². The van der Waals surface area contributed by atoms with E-state index < -0.39 is 4.92 Å². The predicted octanol–water partition coefficient (Wildman–Crippen LogP) is 2.59. The van der Waals surface area contributed by atoms with Gasteiger partial charge in [0.1, 0.15) is 0 Å². The molecule has 17 heavy (non-hydrogen) atoms. The molecule has 5 nitrogen and oxygen atoms in total. The zero-order valence-corrected chi connectivity index (χ0v) is 9.20. The van der Waals surface area contributed by atoms with Crippen molar-refractivity contribution in [3.05, 3.63) is 39.9 Å². The van der Waals surface area contributed by atoms with E-state index in [0.717, 1.165) is 12.8 Å². The first-order valence-corrected chi connectivity index (χ1v) is 5.48. The van der Waals surface area contributed by atoms with Crippen LogP contribution in [0, 0.1) is 27.4 Å². The number of nitro benzene ring substituents is 1. The van der Waals surface area contributed by atoms with Crippen LogP contribution < -0.4 is 0 Å². The van der Waals surface area contributed by atoms with Crippen LogP contribution in [0.15, 0.2) is 24.3 Å². The highest BCUT2D eigenvalue weighted by molar-refractivity contribution is 5.36. The molecule has 1 heterocycles. The van der Waals surface area contributed by atoms with Gasteiger partial charge in [-0.1, -0.05) is 12.1 Å². The zero-order chi connectivity index (χ0) is 12.3. The molecule has 0 bridgehead atoms. The van der Waals surface area contributed by atoms with Gasteiger partial charge in [0.25, 0.3) is 5.69 Å². The minimum Gasteiger partial charge on any atom is -0.372 e. The van der Waals surface area contributed by atoms with Gasteiger partial charge in [-0.05, 0) is 18.4 Å². The summed E-state index contributed by atoms with van der Waals surface area (Å²) in [6.07, 6.45) is 1.31. The van der Waals surface area contributed by atoms with Crippen molar-refractivity contribution in [3.8, 4) is 6.07 Å². The third kappa shape index (κ3) is 2.43. The molecule has 5 heteroatoms. The van der Waals surface area contributed by atoms with E-state index in [-0.39, 0.29) is 17.7 Å². The lowest BCUT2D eigenvalue weighted by Gasteiger charge is -2.27. The van der Waals surface area contributed by atoms with Crippen LogP contribution in [0.3, 0.4) is 0 Å². The van der Waals surface area contributed by atoms with Crippen molar-refractivity contribution in [3.63, 3.8) is 0 Å². The summed E-state index contributed by atoms with van der Waals surface area (Å²) in [7, 11) is 0. The molecular weight excluding hydrogens is 220 g/mol. The summed E-state index contributed by atoms with van der Waals surface area (Å²) in [5.74, 6) is -0.217. The lowest BCUT2D eigenvalue weighted by Crippen LogP contribution is -2.21. The Morgan fingerprint density at radius 2 is 2.35 bits per heavy atom. The molecule has 0 amide bonds. The Morgan fingerprint density at radius 1 is 1.53 bits per heavy atom. The highest BCUT2D eigenvalue weighted by atomic mass is 16.6. The number of nitro groups is 1. The van der Waals surface area contributed by atoms with E-state index >= 15 is 0 Å². The van der Waals surface area contributed by atoms with Crippen LogP contribution in [0.5, 0.6) is 0 Å². The summed E-state index contributed by atoms with van der Waals surface area (Å²) in [5, 5.41) is 19.7. The summed E-state index contributed by atoms with van der Waals surface area (Å²) in [6, 6.07) is 8.53. The van der Waals surface area contributed by atoms with E-state index in [1.165, 1.54) is 12.1 Å². The van der Waals surface area contributed by atoms with Gasteiger partial charge >= 0.3 is 0 Å². The van der Waals surface area contributed by atoms with Crippen LogP contribution in [0.4, 0.5) is 5.69 Å².